The van der Waals surface area contributed by atoms with Gasteiger partial charge in [0.25, 0.3) is 0 Å². The van der Waals surface area contributed by atoms with Crippen molar-refractivity contribution in [2.75, 3.05) is 6.61 Å². The van der Waals surface area contributed by atoms with Crippen LogP contribution in [0.1, 0.15) is 26.7 Å². The molecular formula is C8H14O3. The number of hydrogen-bond acceptors (Lipinski definition) is 3. The molecule has 2 fully saturated rings. The second kappa shape index (κ2) is 2.44. The Bertz CT molecular complexity index is 155. The van der Waals surface area contributed by atoms with E-state index in [2.05, 4.69) is 13.8 Å². The minimum absolute atomic E-state index is 0.109. The summed E-state index contributed by atoms with van der Waals surface area (Å²) in [6, 6.07) is 0. The van der Waals surface area contributed by atoms with Gasteiger partial charge in [-0.15, -0.1) is 0 Å². The largest absolute Gasteiger partial charge is 0.350 e. The first-order chi connectivity index (χ1) is 5.18. The molecule has 2 saturated heterocycles. The molecule has 2 rings (SSSR count). The van der Waals surface area contributed by atoms with Gasteiger partial charge in [-0.05, 0) is 26.2 Å². The molecule has 3 heteroatoms. The zero-order chi connectivity index (χ0) is 7.90. The van der Waals surface area contributed by atoms with Crippen LogP contribution in [0, 0.1) is 5.92 Å². The van der Waals surface area contributed by atoms with Gasteiger partial charge in [0.05, 0.1) is 6.61 Å². The van der Waals surface area contributed by atoms with Crippen molar-refractivity contribution in [1.29, 1.82) is 0 Å². The lowest BCUT2D eigenvalue weighted by molar-refractivity contribution is -0.467. The predicted molar refractivity (Wildman–Crippen MR) is 38.7 cm³/mol. The van der Waals surface area contributed by atoms with Crippen LogP contribution in [0.25, 0.3) is 0 Å². The summed E-state index contributed by atoms with van der Waals surface area (Å²) in [7, 11) is 0. The van der Waals surface area contributed by atoms with Gasteiger partial charge in [-0.3, -0.25) is 0 Å². The Hall–Kier alpha value is -0.120. The minimum atomic E-state index is -0.125. The highest BCUT2D eigenvalue weighted by Crippen LogP contribution is 2.37. The van der Waals surface area contributed by atoms with Crippen molar-refractivity contribution in [3.63, 3.8) is 0 Å². The molecular weight excluding hydrogens is 144 g/mol. The van der Waals surface area contributed by atoms with Crippen molar-refractivity contribution >= 4 is 0 Å². The monoisotopic (exact) mass is 158 g/mol. The molecule has 0 aliphatic carbocycles. The summed E-state index contributed by atoms with van der Waals surface area (Å²) in [6.45, 7) is 4.94. The number of ether oxygens (including phenoxy) is 1. The average Bonchev–Trinajstić information content (AvgIpc) is 2.00. The minimum Gasteiger partial charge on any atom is -0.350 e. The first-order valence-corrected chi connectivity index (χ1v) is 4.14. The van der Waals surface area contributed by atoms with Crippen LogP contribution >= 0.6 is 0 Å². The third-order valence-electron chi connectivity index (χ3n) is 2.60. The highest BCUT2D eigenvalue weighted by atomic mass is 17.2. The fourth-order valence-electron chi connectivity index (χ4n) is 1.70. The molecule has 2 bridgehead atoms. The molecule has 0 spiro atoms. The third kappa shape index (κ3) is 1.28. The van der Waals surface area contributed by atoms with Gasteiger partial charge in [0.1, 0.15) is 5.60 Å². The van der Waals surface area contributed by atoms with Crippen LogP contribution in [-0.4, -0.2) is 18.5 Å². The lowest BCUT2D eigenvalue weighted by atomic mass is 9.84. The summed E-state index contributed by atoms with van der Waals surface area (Å²) in [5.74, 6) is 0.593. The van der Waals surface area contributed by atoms with Crippen molar-refractivity contribution in [1.82, 2.24) is 0 Å². The molecule has 0 radical (unpaired) electrons. The van der Waals surface area contributed by atoms with Crippen molar-refractivity contribution in [3.8, 4) is 0 Å². The van der Waals surface area contributed by atoms with E-state index in [0.717, 1.165) is 19.4 Å². The SMILES string of the molecule is CC1(C)OO[C@H]2C[C@@H]1CCO2. The molecule has 64 valence electrons. The Balaban J connectivity index is 2.09. The number of hydrogen-bond donors (Lipinski definition) is 0. The molecule has 3 nitrogen and oxygen atoms in total. The van der Waals surface area contributed by atoms with Crippen molar-refractivity contribution in [2.24, 2.45) is 5.92 Å². The molecule has 0 aromatic carbocycles. The molecule has 0 aromatic rings. The zero-order valence-corrected chi connectivity index (χ0v) is 7.00. The normalized spacial score (nSPS) is 42.0. The standard InChI is InChI=1S/C8H14O3/c1-8(2)6-3-4-9-7(5-6)10-11-8/h6-7H,3-5H2,1-2H3/t6-,7-/m0/s1. The van der Waals surface area contributed by atoms with Crippen molar-refractivity contribution < 1.29 is 14.5 Å². The van der Waals surface area contributed by atoms with Crippen LogP contribution in [0.3, 0.4) is 0 Å². The van der Waals surface area contributed by atoms with Gasteiger partial charge in [0.2, 0.25) is 0 Å². The smallest absolute Gasteiger partial charge is 0.191 e. The van der Waals surface area contributed by atoms with Crippen LogP contribution in [-0.2, 0) is 14.5 Å². The van der Waals surface area contributed by atoms with Gasteiger partial charge in [0.15, 0.2) is 6.29 Å². The fourth-order valence-corrected chi connectivity index (χ4v) is 1.70. The molecule has 2 aliphatic rings. The van der Waals surface area contributed by atoms with Crippen LogP contribution in [0.4, 0.5) is 0 Å². The Kier molecular flexibility index (Phi) is 1.67. The zero-order valence-electron chi connectivity index (χ0n) is 7.00. The van der Waals surface area contributed by atoms with E-state index in [-0.39, 0.29) is 11.9 Å². The lowest BCUT2D eigenvalue weighted by Gasteiger charge is -2.43. The van der Waals surface area contributed by atoms with Gasteiger partial charge >= 0.3 is 0 Å². The summed E-state index contributed by atoms with van der Waals surface area (Å²) in [5.41, 5.74) is -0.125. The van der Waals surface area contributed by atoms with E-state index in [0.29, 0.717) is 5.92 Å². The quantitative estimate of drug-likeness (QED) is 0.500. The maximum absolute atomic E-state index is 5.29. The second-order valence-electron chi connectivity index (χ2n) is 3.80. The Morgan fingerprint density at radius 3 is 2.91 bits per heavy atom. The average molecular weight is 158 g/mol. The van der Waals surface area contributed by atoms with Gasteiger partial charge in [-0.2, -0.15) is 0 Å². The first-order valence-electron chi connectivity index (χ1n) is 4.14. The van der Waals surface area contributed by atoms with Crippen LogP contribution in [0.2, 0.25) is 0 Å². The van der Waals surface area contributed by atoms with Crippen LogP contribution in [0.5, 0.6) is 0 Å². The Morgan fingerprint density at radius 2 is 2.18 bits per heavy atom. The number of rotatable bonds is 0. The van der Waals surface area contributed by atoms with E-state index in [1.54, 1.807) is 0 Å². The van der Waals surface area contributed by atoms with Gasteiger partial charge in [0, 0.05) is 6.42 Å². The highest BCUT2D eigenvalue weighted by molar-refractivity contribution is 4.83. The van der Waals surface area contributed by atoms with Crippen molar-refractivity contribution in [2.45, 2.75) is 38.6 Å². The molecule has 0 amide bonds. The topological polar surface area (TPSA) is 27.7 Å². The third-order valence-corrected chi connectivity index (χ3v) is 2.60. The molecule has 0 saturated carbocycles. The summed E-state index contributed by atoms with van der Waals surface area (Å²) in [6.07, 6.45) is 1.96. The first kappa shape index (κ1) is 7.53. The molecule has 2 aliphatic heterocycles. The fraction of sp³-hybridized carbons (Fsp3) is 1.00. The molecule has 2 heterocycles. The van der Waals surface area contributed by atoms with Gasteiger partial charge < -0.3 is 4.74 Å². The molecule has 0 N–H and O–H groups in total. The second-order valence-corrected chi connectivity index (χ2v) is 3.80. The summed E-state index contributed by atoms with van der Waals surface area (Å²) >= 11 is 0. The lowest BCUT2D eigenvalue weighted by Crippen LogP contribution is -2.47. The summed E-state index contributed by atoms with van der Waals surface area (Å²) in [4.78, 5) is 10.2. The maximum atomic E-state index is 5.29. The molecule has 11 heavy (non-hydrogen) atoms. The number of fused-ring (bicyclic) bond motifs is 2. The predicted octanol–water partition coefficient (Wildman–Crippen LogP) is 1.48. The summed E-state index contributed by atoms with van der Waals surface area (Å²) < 4.78 is 5.29. The van der Waals surface area contributed by atoms with E-state index in [1.165, 1.54) is 0 Å². The Morgan fingerprint density at radius 1 is 1.36 bits per heavy atom. The van der Waals surface area contributed by atoms with E-state index in [4.69, 9.17) is 14.5 Å². The van der Waals surface area contributed by atoms with E-state index < -0.39 is 0 Å². The molecule has 2 atom stereocenters. The van der Waals surface area contributed by atoms with E-state index >= 15 is 0 Å². The maximum Gasteiger partial charge on any atom is 0.191 e. The summed E-state index contributed by atoms with van der Waals surface area (Å²) in [5, 5.41) is 0. The van der Waals surface area contributed by atoms with E-state index in [1.807, 2.05) is 0 Å². The highest BCUT2D eigenvalue weighted by Gasteiger charge is 2.41. The van der Waals surface area contributed by atoms with E-state index in [9.17, 15) is 0 Å². The molecule has 0 unspecified atom stereocenters. The van der Waals surface area contributed by atoms with Crippen molar-refractivity contribution in [3.05, 3.63) is 0 Å². The van der Waals surface area contributed by atoms with Gasteiger partial charge in [-0.1, -0.05) is 0 Å². The van der Waals surface area contributed by atoms with Gasteiger partial charge in [-0.25, -0.2) is 9.78 Å². The van der Waals surface area contributed by atoms with Crippen LogP contribution < -0.4 is 0 Å². The van der Waals surface area contributed by atoms with Crippen LogP contribution in [0.15, 0.2) is 0 Å². The Labute approximate surface area is 66.6 Å². The molecule has 0 aromatic heterocycles.